The summed E-state index contributed by atoms with van der Waals surface area (Å²) < 4.78 is 2.17. The predicted molar refractivity (Wildman–Crippen MR) is 192 cm³/mol. The van der Waals surface area contributed by atoms with E-state index in [1.807, 2.05) is 148 Å². The Labute approximate surface area is 287 Å². The van der Waals surface area contributed by atoms with Crippen molar-refractivity contribution in [1.29, 1.82) is 5.26 Å². The van der Waals surface area contributed by atoms with E-state index in [9.17, 15) is 10.1 Å². The van der Waals surface area contributed by atoms with Gasteiger partial charge >= 0.3 is 0 Å². The number of aromatic nitrogens is 1. The largest absolute Gasteiger partial charge is 0.343 e. The molecule has 7 heteroatoms. The summed E-state index contributed by atoms with van der Waals surface area (Å²) in [6, 6.07) is 46.9. The average Bonchev–Trinajstić information content (AvgIpc) is 3.48. The molecule has 6 aromatic rings. The van der Waals surface area contributed by atoms with Crippen molar-refractivity contribution in [1.82, 2.24) is 15.5 Å². The summed E-state index contributed by atoms with van der Waals surface area (Å²) in [6.07, 6.45) is 2.42. The number of nitrogens with one attached hydrogen (secondary N) is 2. The lowest BCUT2D eigenvalue weighted by atomic mass is 9.80. The lowest BCUT2D eigenvalue weighted by molar-refractivity contribution is -0.154. The fourth-order valence-corrected chi connectivity index (χ4v) is 6.05. The summed E-state index contributed by atoms with van der Waals surface area (Å²) in [4.78, 5) is 27.0. The normalized spacial score (nSPS) is 12.4. The number of hydrogen-bond acceptors (Lipinski definition) is 5. The molecule has 1 amide bonds. The van der Waals surface area contributed by atoms with Gasteiger partial charge in [0.15, 0.2) is 5.60 Å². The molecule has 5 aromatic carbocycles. The average molecular weight is 649 g/mol. The number of nitrogens with zero attached hydrogens (tertiary/aromatic N) is 2. The van der Waals surface area contributed by atoms with Gasteiger partial charge in [0.05, 0.1) is 17.2 Å². The van der Waals surface area contributed by atoms with Crippen LogP contribution in [-0.2, 0) is 33.0 Å². The number of rotatable bonds is 12. The molecule has 49 heavy (non-hydrogen) atoms. The molecule has 0 fully saturated rings. The van der Waals surface area contributed by atoms with Crippen LogP contribution in [0.15, 0.2) is 146 Å². The van der Waals surface area contributed by atoms with Crippen molar-refractivity contribution in [2.45, 2.75) is 51.0 Å². The van der Waals surface area contributed by atoms with Crippen LogP contribution < -0.4 is 11.0 Å². The minimum absolute atomic E-state index is 0.334. The number of benzene rings is 5. The number of nitriles is 1. The first-order chi connectivity index (χ1) is 23.8. The Kier molecular flexibility index (Phi) is 10.0. The minimum Gasteiger partial charge on any atom is -0.343 e. The standard InChI is InChI=1S/C42H40N4O3/c1-41(2,3)48-44-38(27-33-30-46(39-22-14-13-21-37(33)39)29-32-25-23-31(28-43)24-26-32)40(47)45-49-42(34-15-7-4-8-16-34,35-17-9-5-10-18-35)36-19-11-6-12-20-36/h4-26,30,38,44H,27,29H2,1-3H3,(H,45,47)/t38-/m0/s1. The van der Waals surface area contributed by atoms with E-state index in [0.29, 0.717) is 18.5 Å². The summed E-state index contributed by atoms with van der Waals surface area (Å²) in [6.45, 7) is 6.41. The van der Waals surface area contributed by atoms with Crippen LogP contribution in [0.25, 0.3) is 10.9 Å². The van der Waals surface area contributed by atoms with Gasteiger partial charge in [-0.05, 0) is 66.8 Å². The van der Waals surface area contributed by atoms with Crippen molar-refractivity contribution in [3.8, 4) is 6.07 Å². The maximum absolute atomic E-state index is 14.3. The molecule has 6 rings (SSSR count). The Morgan fingerprint density at radius 3 is 1.80 bits per heavy atom. The second-order valence-electron chi connectivity index (χ2n) is 13.0. The van der Waals surface area contributed by atoms with Gasteiger partial charge in [-0.15, -0.1) is 0 Å². The van der Waals surface area contributed by atoms with E-state index in [4.69, 9.17) is 9.68 Å². The van der Waals surface area contributed by atoms with Gasteiger partial charge in [-0.25, -0.2) is 5.48 Å². The molecular formula is C42H40N4O3. The molecule has 0 saturated heterocycles. The number of para-hydroxylation sites is 1. The van der Waals surface area contributed by atoms with Crippen LogP contribution in [-0.4, -0.2) is 22.1 Å². The van der Waals surface area contributed by atoms with Gasteiger partial charge in [-0.2, -0.15) is 10.7 Å². The van der Waals surface area contributed by atoms with Gasteiger partial charge in [-0.3, -0.25) is 14.5 Å². The van der Waals surface area contributed by atoms with Crippen LogP contribution in [0.1, 0.15) is 54.2 Å². The third-order valence-electron chi connectivity index (χ3n) is 8.40. The van der Waals surface area contributed by atoms with Crippen molar-refractivity contribution >= 4 is 16.8 Å². The van der Waals surface area contributed by atoms with Crippen LogP contribution >= 0.6 is 0 Å². The molecule has 1 heterocycles. The Hall–Kier alpha value is -5.52. The molecule has 0 aliphatic carbocycles. The molecule has 1 aromatic heterocycles. The fraction of sp³-hybridized carbons (Fsp3) is 0.190. The third-order valence-corrected chi connectivity index (χ3v) is 8.40. The maximum Gasteiger partial charge on any atom is 0.263 e. The van der Waals surface area contributed by atoms with Gasteiger partial charge in [0.25, 0.3) is 5.91 Å². The van der Waals surface area contributed by atoms with E-state index in [1.54, 1.807) is 0 Å². The highest BCUT2D eigenvalue weighted by Crippen LogP contribution is 2.39. The monoisotopic (exact) mass is 648 g/mol. The summed E-state index contributed by atoms with van der Waals surface area (Å²) in [5.41, 5.74) is 10.6. The van der Waals surface area contributed by atoms with E-state index < -0.39 is 17.2 Å². The van der Waals surface area contributed by atoms with Crippen LogP contribution in [0.4, 0.5) is 0 Å². The zero-order chi connectivity index (χ0) is 34.3. The Balaban J connectivity index is 1.34. The molecule has 0 aliphatic heterocycles. The Morgan fingerprint density at radius 2 is 1.27 bits per heavy atom. The highest BCUT2D eigenvalue weighted by Gasteiger charge is 2.39. The lowest BCUT2D eigenvalue weighted by Crippen LogP contribution is -2.50. The van der Waals surface area contributed by atoms with Gasteiger partial charge < -0.3 is 4.57 Å². The SMILES string of the molecule is CC(C)(C)ON[C@@H](Cc1cn(Cc2ccc(C#N)cc2)c2ccccc12)C(=O)NOC(c1ccccc1)(c1ccccc1)c1ccccc1. The fourth-order valence-electron chi connectivity index (χ4n) is 6.05. The molecule has 246 valence electrons. The van der Waals surface area contributed by atoms with Crippen molar-refractivity contribution in [2.75, 3.05) is 0 Å². The lowest BCUT2D eigenvalue weighted by Gasteiger charge is -2.35. The zero-order valence-corrected chi connectivity index (χ0v) is 28.0. The number of hydrogen-bond donors (Lipinski definition) is 2. The van der Waals surface area contributed by atoms with Crippen LogP contribution in [0, 0.1) is 11.3 Å². The topological polar surface area (TPSA) is 88.3 Å². The van der Waals surface area contributed by atoms with Crippen molar-refractivity contribution in [2.24, 2.45) is 0 Å². The molecular weight excluding hydrogens is 608 g/mol. The first-order valence-corrected chi connectivity index (χ1v) is 16.4. The Morgan fingerprint density at radius 1 is 0.735 bits per heavy atom. The first-order valence-electron chi connectivity index (χ1n) is 16.4. The summed E-state index contributed by atoms with van der Waals surface area (Å²) >= 11 is 0. The van der Waals surface area contributed by atoms with Gasteiger partial charge in [0, 0.05) is 30.1 Å². The molecule has 0 saturated carbocycles. The third kappa shape index (κ3) is 7.64. The first kappa shape index (κ1) is 33.4. The van der Waals surface area contributed by atoms with Gasteiger partial charge in [0.1, 0.15) is 6.04 Å². The number of fused-ring (bicyclic) bond motifs is 1. The molecule has 0 radical (unpaired) electrons. The smallest absolute Gasteiger partial charge is 0.263 e. The predicted octanol–water partition coefficient (Wildman–Crippen LogP) is 7.83. The highest BCUT2D eigenvalue weighted by molar-refractivity contribution is 5.86. The highest BCUT2D eigenvalue weighted by atomic mass is 16.7. The quantitative estimate of drug-likeness (QED) is 0.104. The molecule has 0 spiro atoms. The molecule has 0 aliphatic rings. The molecule has 0 bridgehead atoms. The van der Waals surface area contributed by atoms with Crippen molar-refractivity contribution in [3.05, 3.63) is 179 Å². The summed E-state index contributed by atoms with van der Waals surface area (Å²) in [5, 5.41) is 10.3. The van der Waals surface area contributed by atoms with E-state index in [0.717, 1.165) is 38.7 Å². The van der Waals surface area contributed by atoms with Gasteiger partial charge in [0.2, 0.25) is 0 Å². The van der Waals surface area contributed by atoms with E-state index >= 15 is 0 Å². The zero-order valence-electron chi connectivity index (χ0n) is 28.0. The van der Waals surface area contributed by atoms with Gasteiger partial charge in [-0.1, -0.05) is 121 Å². The summed E-state index contributed by atoms with van der Waals surface area (Å²) in [7, 11) is 0. The number of hydroxylamine groups is 2. The van der Waals surface area contributed by atoms with Crippen molar-refractivity contribution in [3.63, 3.8) is 0 Å². The van der Waals surface area contributed by atoms with E-state index in [1.165, 1.54) is 0 Å². The molecule has 7 nitrogen and oxygen atoms in total. The van der Waals surface area contributed by atoms with Crippen LogP contribution in [0.5, 0.6) is 0 Å². The second-order valence-corrected chi connectivity index (χ2v) is 13.0. The van der Waals surface area contributed by atoms with Crippen LogP contribution in [0.3, 0.4) is 0 Å². The maximum atomic E-state index is 14.3. The number of amides is 1. The summed E-state index contributed by atoms with van der Waals surface area (Å²) in [5.74, 6) is -0.375. The Bertz CT molecular complexity index is 1930. The van der Waals surface area contributed by atoms with E-state index in [-0.39, 0.29) is 5.91 Å². The number of carbonyl (C=O) groups is 1. The molecule has 0 unspecified atom stereocenters. The number of carbonyl (C=O) groups excluding carboxylic acids is 1. The van der Waals surface area contributed by atoms with Crippen molar-refractivity contribution < 1.29 is 14.5 Å². The second kappa shape index (κ2) is 14.7. The van der Waals surface area contributed by atoms with Crippen LogP contribution in [0.2, 0.25) is 0 Å². The molecule has 2 N–H and O–H groups in total. The minimum atomic E-state index is -1.13. The molecule has 1 atom stereocenters. The van der Waals surface area contributed by atoms with E-state index in [2.05, 4.69) is 39.9 Å².